The molecule has 1 saturated carbocycles. The van der Waals surface area contributed by atoms with Gasteiger partial charge in [-0.1, -0.05) is 54.6 Å². The Bertz CT molecular complexity index is 1290. The van der Waals surface area contributed by atoms with Gasteiger partial charge in [-0.15, -0.1) is 0 Å². The maximum atomic E-state index is 13.3. The smallest absolute Gasteiger partial charge is 0.223 e. The number of H-pyrrole nitrogens is 1. The summed E-state index contributed by atoms with van der Waals surface area (Å²) in [5, 5.41) is 11.4. The number of carbonyl (C=O) groups is 1. The van der Waals surface area contributed by atoms with Crippen LogP contribution in [-0.4, -0.2) is 22.6 Å². The molecule has 6 nitrogen and oxygen atoms in total. The summed E-state index contributed by atoms with van der Waals surface area (Å²) >= 11 is 0. The van der Waals surface area contributed by atoms with Crippen LogP contribution in [0.2, 0.25) is 0 Å². The number of anilines is 1. The van der Waals surface area contributed by atoms with E-state index in [0.717, 1.165) is 59.7 Å². The molecule has 4 aromatic rings. The van der Waals surface area contributed by atoms with E-state index in [2.05, 4.69) is 64.0 Å². The monoisotopic (exact) mass is 467 g/mol. The summed E-state index contributed by atoms with van der Waals surface area (Å²) in [5.74, 6) is 1.28. The van der Waals surface area contributed by atoms with Crippen LogP contribution >= 0.6 is 0 Å². The van der Waals surface area contributed by atoms with Crippen molar-refractivity contribution in [2.75, 3.05) is 12.3 Å². The van der Waals surface area contributed by atoms with E-state index in [1.165, 1.54) is 5.56 Å². The summed E-state index contributed by atoms with van der Waals surface area (Å²) < 4.78 is 0. The number of benzene rings is 3. The molecule has 1 heterocycles. The van der Waals surface area contributed by atoms with E-state index >= 15 is 0 Å². The van der Waals surface area contributed by atoms with Crippen molar-refractivity contribution in [3.05, 3.63) is 83.9 Å². The van der Waals surface area contributed by atoms with Gasteiger partial charge < -0.3 is 16.8 Å². The summed E-state index contributed by atoms with van der Waals surface area (Å²) in [6.45, 7) is 0.717. The maximum Gasteiger partial charge on any atom is 0.223 e. The lowest BCUT2D eigenvalue weighted by Crippen LogP contribution is -2.37. The highest BCUT2D eigenvalue weighted by molar-refractivity contribution is 5.91. The minimum atomic E-state index is -0.108. The normalized spacial score (nSPS) is 18.9. The number of nitrogens with two attached hydrogens (primary N) is 2. The third-order valence-electron chi connectivity index (χ3n) is 7.36. The molecule has 1 aromatic heterocycles. The Labute approximate surface area is 206 Å². The largest absolute Gasteiger partial charge is 0.382 e. The predicted molar refractivity (Wildman–Crippen MR) is 141 cm³/mol. The fraction of sp³-hybridized carbons (Fsp3) is 0.310. The van der Waals surface area contributed by atoms with Gasteiger partial charge in [0.15, 0.2) is 5.82 Å². The molecule has 0 aliphatic heterocycles. The summed E-state index contributed by atoms with van der Waals surface area (Å²) in [7, 11) is 0. The van der Waals surface area contributed by atoms with Crippen molar-refractivity contribution in [1.82, 2.24) is 15.5 Å². The fourth-order valence-electron chi connectivity index (χ4n) is 5.21. The van der Waals surface area contributed by atoms with Crippen molar-refractivity contribution in [1.29, 1.82) is 0 Å². The lowest BCUT2D eigenvalue weighted by molar-refractivity contribution is -0.127. The average Bonchev–Trinajstić information content (AvgIpc) is 3.29. The van der Waals surface area contributed by atoms with Crippen LogP contribution in [0.1, 0.15) is 42.9 Å². The SMILES string of the molecule is NC[C@H]1CC[C@H](C(=O)N[C@H](Cc2ccccc2)c2cccc(-c3ccc4c(N)n[nH]c4c3)c2)CC1. The Hall–Kier alpha value is -3.64. The van der Waals surface area contributed by atoms with Gasteiger partial charge in [-0.25, -0.2) is 0 Å². The van der Waals surface area contributed by atoms with E-state index in [1.54, 1.807) is 0 Å². The van der Waals surface area contributed by atoms with E-state index in [-0.39, 0.29) is 17.9 Å². The van der Waals surface area contributed by atoms with Gasteiger partial charge in [0.1, 0.15) is 0 Å². The van der Waals surface area contributed by atoms with Gasteiger partial charge in [0.05, 0.1) is 11.6 Å². The zero-order valence-corrected chi connectivity index (χ0v) is 19.9. The first kappa shape index (κ1) is 23.1. The molecule has 0 spiro atoms. The molecule has 6 heteroatoms. The summed E-state index contributed by atoms with van der Waals surface area (Å²) in [4.78, 5) is 13.3. The molecule has 1 atom stereocenters. The number of nitrogens with zero attached hydrogens (tertiary/aromatic N) is 1. The Balaban J connectivity index is 1.41. The Kier molecular flexibility index (Phi) is 6.82. The highest BCUT2D eigenvalue weighted by Gasteiger charge is 2.27. The lowest BCUT2D eigenvalue weighted by Gasteiger charge is -2.29. The van der Waals surface area contributed by atoms with Crippen molar-refractivity contribution in [2.45, 2.75) is 38.1 Å². The number of nitrogens with one attached hydrogen (secondary N) is 2. The first-order valence-corrected chi connectivity index (χ1v) is 12.5. The van der Waals surface area contributed by atoms with Crippen LogP contribution in [0.25, 0.3) is 22.0 Å². The first-order chi connectivity index (χ1) is 17.1. The van der Waals surface area contributed by atoms with Gasteiger partial charge in [0, 0.05) is 11.3 Å². The van der Waals surface area contributed by atoms with E-state index in [4.69, 9.17) is 11.5 Å². The minimum Gasteiger partial charge on any atom is -0.382 e. The standard InChI is InChI=1S/C29H33N5O/c30-18-20-9-11-21(12-10-20)29(35)32-26(15-19-5-2-1-3-6-19)24-8-4-7-22(16-24)23-13-14-25-27(17-23)33-34-28(25)31/h1-8,13-14,16-17,20-21,26H,9-12,15,18,30H2,(H,32,35)(H3,31,33,34)/t20-,21-,26-/m1/s1. The molecule has 1 amide bonds. The van der Waals surface area contributed by atoms with Crippen LogP contribution in [0.15, 0.2) is 72.8 Å². The highest BCUT2D eigenvalue weighted by Crippen LogP contribution is 2.31. The van der Waals surface area contributed by atoms with Gasteiger partial charge in [-0.05, 0) is 85.0 Å². The van der Waals surface area contributed by atoms with E-state index in [1.807, 2.05) is 24.3 Å². The highest BCUT2D eigenvalue weighted by atomic mass is 16.1. The number of aromatic nitrogens is 2. The fourth-order valence-corrected chi connectivity index (χ4v) is 5.21. The number of aromatic amines is 1. The molecule has 3 aromatic carbocycles. The van der Waals surface area contributed by atoms with Crippen molar-refractivity contribution < 1.29 is 4.79 Å². The Morgan fingerprint density at radius 2 is 1.74 bits per heavy atom. The van der Waals surface area contributed by atoms with Gasteiger partial charge >= 0.3 is 0 Å². The summed E-state index contributed by atoms with van der Waals surface area (Å²) in [6, 6.07) is 24.8. The predicted octanol–water partition coefficient (Wildman–Crippen LogP) is 4.98. The van der Waals surface area contributed by atoms with Crippen molar-refractivity contribution in [2.24, 2.45) is 17.6 Å². The number of carbonyl (C=O) groups excluding carboxylic acids is 1. The third kappa shape index (κ3) is 5.23. The lowest BCUT2D eigenvalue weighted by atomic mass is 9.81. The molecule has 0 radical (unpaired) electrons. The zero-order chi connectivity index (χ0) is 24.2. The van der Waals surface area contributed by atoms with Crippen LogP contribution in [0.3, 0.4) is 0 Å². The van der Waals surface area contributed by atoms with Crippen LogP contribution in [-0.2, 0) is 11.2 Å². The van der Waals surface area contributed by atoms with Gasteiger partial charge in [0.2, 0.25) is 5.91 Å². The van der Waals surface area contributed by atoms with E-state index in [0.29, 0.717) is 18.3 Å². The number of nitrogen functional groups attached to an aromatic ring is 1. The first-order valence-electron chi connectivity index (χ1n) is 12.5. The van der Waals surface area contributed by atoms with Crippen LogP contribution in [0, 0.1) is 11.8 Å². The molecule has 180 valence electrons. The minimum absolute atomic E-state index is 0.0625. The Morgan fingerprint density at radius 1 is 0.971 bits per heavy atom. The average molecular weight is 468 g/mol. The molecule has 35 heavy (non-hydrogen) atoms. The quantitative estimate of drug-likeness (QED) is 0.307. The van der Waals surface area contributed by atoms with Crippen molar-refractivity contribution in [3.8, 4) is 11.1 Å². The number of fused-ring (bicyclic) bond motifs is 1. The van der Waals surface area contributed by atoms with Crippen LogP contribution < -0.4 is 16.8 Å². The molecule has 0 bridgehead atoms. The van der Waals surface area contributed by atoms with Crippen molar-refractivity contribution >= 4 is 22.6 Å². The van der Waals surface area contributed by atoms with E-state index in [9.17, 15) is 4.79 Å². The number of hydrogen-bond donors (Lipinski definition) is 4. The third-order valence-corrected chi connectivity index (χ3v) is 7.36. The second kappa shape index (κ2) is 10.3. The second-order valence-electron chi connectivity index (χ2n) is 9.70. The molecule has 6 N–H and O–H groups in total. The molecule has 1 fully saturated rings. The van der Waals surface area contributed by atoms with Gasteiger partial charge in [-0.2, -0.15) is 5.10 Å². The second-order valence-corrected chi connectivity index (χ2v) is 9.70. The topological polar surface area (TPSA) is 110 Å². The van der Waals surface area contributed by atoms with Crippen molar-refractivity contribution in [3.63, 3.8) is 0 Å². The van der Waals surface area contributed by atoms with Crippen LogP contribution in [0.5, 0.6) is 0 Å². The Morgan fingerprint density at radius 3 is 2.51 bits per heavy atom. The molecular weight excluding hydrogens is 434 g/mol. The van der Waals surface area contributed by atoms with E-state index < -0.39 is 0 Å². The zero-order valence-electron chi connectivity index (χ0n) is 19.9. The van der Waals surface area contributed by atoms with Crippen LogP contribution in [0.4, 0.5) is 5.82 Å². The summed E-state index contributed by atoms with van der Waals surface area (Å²) in [6.07, 6.45) is 4.64. The molecule has 5 rings (SSSR count). The van der Waals surface area contributed by atoms with Gasteiger partial charge in [0.25, 0.3) is 0 Å². The number of hydrogen-bond acceptors (Lipinski definition) is 4. The molecular formula is C29H33N5O. The number of rotatable bonds is 7. The van der Waals surface area contributed by atoms with Gasteiger partial charge in [-0.3, -0.25) is 9.89 Å². The number of amides is 1. The maximum absolute atomic E-state index is 13.3. The molecule has 0 unspecified atom stereocenters. The molecule has 0 saturated heterocycles. The molecule has 1 aliphatic rings. The molecule has 1 aliphatic carbocycles. The summed E-state index contributed by atoms with van der Waals surface area (Å²) in [5.41, 5.74) is 17.2.